The Balaban J connectivity index is 1.74. The molecule has 5 nitrogen and oxygen atoms in total. The van der Waals surface area contributed by atoms with E-state index in [4.69, 9.17) is 9.15 Å². The number of carbonyl (C=O) groups is 1. The molecule has 5 heteroatoms. The number of anilines is 1. The number of ether oxygens (including phenoxy) is 1. The van der Waals surface area contributed by atoms with Gasteiger partial charge >= 0.3 is 5.63 Å². The molecule has 3 rings (SSSR count). The summed E-state index contributed by atoms with van der Waals surface area (Å²) in [4.78, 5) is 23.8. The van der Waals surface area contributed by atoms with Gasteiger partial charge in [-0.25, -0.2) is 4.79 Å². The van der Waals surface area contributed by atoms with Gasteiger partial charge in [-0.1, -0.05) is 32.0 Å². The monoisotopic (exact) mass is 351 g/mol. The molecule has 134 valence electrons. The highest BCUT2D eigenvalue weighted by molar-refractivity contribution is 5.92. The Morgan fingerprint density at radius 3 is 2.65 bits per heavy atom. The molecule has 0 bridgehead atoms. The minimum Gasteiger partial charge on any atom is -0.484 e. The summed E-state index contributed by atoms with van der Waals surface area (Å²) < 4.78 is 10.8. The minimum absolute atomic E-state index is 0.131. The molecular formula is C21H21NO4. The topological polar surface area (TPSA) is 68.5 Å². The number of carbonyl (C=O) groups excluding carboxylic acids is 1. The molecule has 1 aromatic heterocycles. The molecular weight excluding hydrogens is 330 g/mol. The number of nitrogens with one attached hydrogen (secondary N) is 1. The Kier molecular flexibility index (Phi) is 5.07. The molecule has 3 aromatic rings. The molecule has 0 radical (unpaired) electrons. The van der Waals surface area contributed by atoms with Gasteiger partial charge in [-0.3, -0.25) is 4.79 Å². The average molecular weight is 351 g/mol. The molecule has 0 atom stereocenters. The van der Waals surface area contributed by atoms with E-state index in [1.54, 1.807) is 12.1 Å². The number of hydrogen-bond acceptors (Lipinski definition) is 4. The molecule has 0 spiro atoms. The van der Waals surface area contributed by atoms with Gasteiger partial charge in [0, 0.05) is 23.2 Å². The number of para-hydroxylation sites is 1. The van der Waals surface area contributed by atoms with Crippen LogP contribution in [-0.2, 0) is 4.79 Å². The summed E-state index contributed by atoms with van der Waals surface area (Å²) in [6.07, 6.45) is 0. The normalized spacial score (nSPS) is 10.9. The van der Waals surface area contributed by atoms with E-state index >= 15 is 0 Å². The summed E-state index contributed by atoms with van der Waals surface area (Å²) in [5.74, 6) is 0.423. The first-order valence-corrected chi connectivity index (χ1v) is 8.50. The van der Waals surface area contributed by atoms with Crippen LogP contribution < -0.4 is 15.7 Å². The molecule has 26 heavy (non-hydrogen) atoms. The van der Waals surface area contributed by atoms with E-state index in [0.717, 1.165) is 22.2 Å². The number of aryl methyl sites for hydroxylation is 1. The van der Waals surface area contributed by atoms with Gasteiger partial charge < -0.3 is 14.5 Å². The van der Waals surface area contributed by atoms with Crippen molar-refractivity contribution in [3.63, 3.8) is 0 Å². The Morgan fingerprint density at radius 2 is 1.92 bits per heavy atom. The van der Waals surface area contributed by atoms with Gasteiger partial charge in [0.2, 0.25) is 0 Å². The standard InChI is InChI=1S/C21H21NO4/c1-13(2)17-11-21(24)26-19-10-15(8-9-16(17)19)25-12-20(23)22-18-7-5-4-6-14(18)3/h4-11,13H,12H2,1-3H3,(H,22,23). The third kappa shape index (κ3) is 3.94. The Morgan fingerprint density at radius 1 is 1.15 bits per heavy atom. The SMILES string of the molecule is Cc1ccccc1NC(=O)COc1ccc2c(C(C)C)cc(=O)oc2c1. The second-order valence-electron chi connectivity index (χ2n) is 6.49. The van der Waals surface area contributed by atoms with Crippen LogP contribution in [0.5, 0.6) is 5.75 Å². The van der Waals surface area contributed by atoms with E-state index < -0.39 is 5.63 Å². The van der Waals surface area contributed by atoms with E-state index in [2.05, 4.69) is 5.32 Å². The van der Waals surface area contributed by atoms with E-state index in [1.165, 1.54) is 6.07 Å². The summed E-state index contributed by atoms with van der Waals surface area (Å²) >= 11 is 0. The predicted molar refractivity (Wildman–Crippen MR) is 102 cm³/mol. The molecule has 1 N–H and O–H groups in total. The summed E-state index contributed by atoms with van der Waals surface area (Å²) in [5, 5.41) is 3.68. The Bertz CT molecular complexity index is 1000. The summed E-state index contributed by atoms with van der Waals surface area (Å²) in [6, 6.07) is 14.3. The second kappa shape index (κ2) is 7.44. The van der Waals surface area contributed by atoms with Gasteiger partial charge in [0.25, 0.3) is 5.91 Å². The fourth-order valence-corrected chi connectivity index (χ4v) is 2.78. The lowest BCUT2D eigenvalue weighted by Crippen LogP contribution is -2.20. The highest BCUT2D eigenvalue weighted by Gasteiger charge is 2.11. The highest BCUT2D eigenvalue weighted by Crippen LogP contribution is 2.27. The van der Waals surface area contributed by atoms with Crippen LogP contribution in [0.2, 0.25) is 0 Å². The zero-order valence-corrected chi connectivity index (χ0v) is 15.0. The first-order chi connectivity index (χ1) is 12.4. The molecule has 0 aliphatic carbocycles. The zero-order chi connectivity index (χ0) is 18.7. The van der Waals surface area contributed by atoms with E-state index in [1.807, 2.05) is 51.1 Å². The summed E-state index contributed by atoms with van der Waals surface area (Å²) in [6.45, 7) is 5.84. The van der Waals surface area contributed by atoms with Crippen LogP contribution in [0.1, 0.15) is 30.9 Å². The molecule has 2 aromatic carbocycles. The lowest BCUT2D eigenvalue weighted by atomic mass is 10.00. The molecule has 0 unspecified atom stereocenters. The number of fused-ring (bicyclic) bond motifs is 1. The molecule has 1 heterocycles. The van der Waals surface area contributed by atoms with Crippen LogP contribution in [0, 0.1) is 6.92 Å². The molecule has 0 saturated carbocycles. The smallest absolute Gasteiger partial charge is 0.336 e. The molecule has 0 fully saturated rings. The first-order valence-electron chi connectivity index (χ1n) is 8.50. The van der Waals surface area contributed by atoms with Crippen LogP contribution in [0.3, 0.4) is 0 Å². The van der Waals surface area contributed by atoms with E-state index in [-0.39, 0.29) is 18.4 Å². The number of amides is 1. The third-order valence-electron chi connectivity index (χ3n) is 4.16. The molecule has 0 aliphatic heterocycles. The van der Waals surface area contributed by atoms with Crippen molar-refractivity contribution >= 4 is 22.6 Å². The number of rotatable bonds is 5. The van der Waals surface area contributed by atoms with Gasteiger partial charge in [-0.2, -0.15) is 0 Å². The number of benzene rings is 2. The minimum atomic E-state index is -0.393. The first kappa shape index (κ1) is 17.7. The maximum atomic E-state index is 12.1. The lowest BCUT2D eigenvalue weighted by Gasteiger charge is -2.11. The zero-order valence-electron chi connectivity index (χ0n) is 15.0. The molecule has 1 amide bonds. The predicted octanol–water partition coefficient (Wildman–Crippen LogP) is 4.24. The van der Waals surface area contributed by atoms with Gasteiger partial charge in [-0.15, -0.1) is 0 Å². The van der Waals surface area contributed by atoms with Crippen molar-refractivity contribution in [2.75, 3.05) is 11.9 Å². The van der Waals surface area contributed by atoms with Crippen molar-refractivity contribution in [2.24, 2.45) is 0 Å². The van der Waals surface area contributed by atoms with Crippen molar-refractivity contribution in [1.29, 1.82) is 0 Å². The fourth-order valence-electron chi connectivity index (χ4n) is 2.78. The van der Waals surface area contributed by atoms with Crippen molar-refractivity contribution < 1.29 is 13.9 Å². The summed E-state index contributed by atoms with van der Waals surface area (Å²) in [5.41, 5.74) is 2.73. The largest absolute Gasteiger partial charge is 0.484 e. The van der Waals surface area contributed by atoms with Crippen LogP contribution in [-0.4, -0.2) is 12.5 Å². The quantitative estimate of drug-likeness (QED) is 0.698. The van der Waals surface area contributed by atoms with Gasteiger partial charge in [0.15, 0.2) is 6.61 Å². The van der Waals surface area contributed by atoms with Gasteiger partial charge in [0.1, 0.15) is 11.3 Å². The van der Waals surface area contributed by atoms with E-state index in [9.17, 15) is 9.59 Å². The van der Waals surface area contributed by atoms with Crippen LogP contribution in [0.4, 0.5) is 5.69 Å². The van der Waals surface area contributed by atoms with Crippen molar-refractivity contribution in [3.8, 4) is 5.75 Å². The van der Waals surface area contributed by atoms with Gasteiger partial charge in [-0.05, 0) is 42.2 Å². The van der Waals surface area contributed by atoms with Crippen molar-refractivity contribution in [2.45, 2.75) is 26.7 Å². The van der Waals surface area contributed by atoms with Gasteiger partial charge in [0.05, 0.1) is 0 Å². The van der Waals surface area contributed by atoms with Crippen molar-refractivity contribution in [1.82, 2.24) is 0 Å². The second-order valence-corrected chi connectivity index (χ2v) is 6.49. The maximum absolute atomic E-state index is 12.1. The molecule has 0 aliphatic rings. The average Bonchev–Trinajstić information content (AvgIpc) is 2.60. The van der Waals surface area contributed by atoms with Crippen LogP contribution in [0.15, 0.2) is 57.7 Å². The van der Waals surface area contributed by atoms with Crippen LogP contribution in [0.25, 0.3) is 11.0 Å². The Hall–Kier alpha value is -3.08. The summed E-state index contributed by atoms with van der Waals surface area (Å²) in [7, 11) is 0. The lowest BCUT2D eigenvalue weighted by molar-refractivity contribution is -0.118. The third-order valence-corrected chi connectivity index (χ3v) is 4.16. The molecule has 0 saturated heterocycles. The van der Waals surface area contributed by atoms with E-state index in [0.29, 0.717) is 11.3 Å². The van der Waals surface area contributed by atoms with Crippen molar-refractivity contribution in [3.05, 3.63) is 70.1 Å². The number of hydrogen-bond donors (Lipinski definition) is 1. The Labute approximate surface area is 151 Å². The van der Waals surface area contributed by atoms with Crippen LogP contribution >= 0.6 is 0 Å². The highest BCUT2D eigenvalue weighted by atomic mass is 16.5. The maximum Gasteiger partial charge on any atom is 0.336 e. The fraction of sp³-hybridized carbons (Fsp3) is 0.238.